The van der Waals surface area contributed by atoms with Crippen molar-refractivity contribution >= 4 is 11.5 Å². The van der Waals surface area contributed by atoms with Crippen LogP contribution in [0.4, 0.5) is 5.69 Å². The van der Waals surface area contributed by atoms with Crippen molar-refractivity contribution in [3.63, 3.8) is 0 Å². The number of nitrogen functional groups attached to an aromatic ring is 1. The van der Waals surface area contributed by atoms with Crippen LogP contribution in [0.5, 0.6) is 0 Å². The first-order chi connectivity index (χ1) is 8.89. The van der Waals surface area contributed by atoms with E-state index in [4.69, 9.17) is 11.1 Å². The Morgan fingerprint density at radius 1 is 1.37 bits per heavy atom. The van der Waals surface area contributed by atoms with E-state index < -0.39 is 5.60 Å². The number of benzene rings is 1. The number of anilines is 1. The number of aliphatic hydroxyl groups is 1. The molecule has 0 amide bonds. The van der Waals surface area contributed by atoms with Gasteiger partial charge in [-0.25, -0.2) is 0 Å². The standard InChI is InChI=1S/C15H23N3O/c1-11-10-12(4-5-13(11)14(16)17)18-8-3-6-15(2,19)7-9-18/h4-5,10,19H,3,6-9H2,1-2H3,(H3,16,17). The van der Waals surface area contributed by atoms with E-state index in [0.717, 1.165) is 49.2 Å². The van der Waals surface area contributed by atoms with E-state index >= 15 is 0 Å². The van der Waals surface area contributed by atoms with Crippen LogP contribution < -0.4 is 10.6 Å². The van der Waals surface area contributed by atoms with Crippen LogP contribution in [0.15, 0.2) is 18.2 Å². The van der Waals surface area contributed by atoms with Gasteiger partial charge in [0.15, 0.2) is 0 Å². The third-order valence-electron chi connectivity index (χ3n) is 3.93. The molecule has 1 aromatic rings. The average Bonchev–Trinajstić information content (AvgIpc) is 2.49. The third-order valence-corrected chi connectivity index (χ3v) is 3.93. The van der Waals surface area contributed by atoms with Gasteiger partial charge in [0.1, 0.15) is 5.84 Å². The summed E-state index contributed by atoms with van der Waals surface area (Å²) in [6, 6.07) is 6.01. The SMILES string of the molecule is Cc1cc(N2CCCC(C)(O)CC2)ccc1C(=N)N. The van der Waals surface area contributed by atoms with Crippen LogP contribution in [0, 0.1) is 12.3 Å². The minimum absolute atomic E-state index is 0.114. The molecule has 104 valence electrons. The van der Waals surface area contributed by atoms with Crippen molar-refractivity contribution in [1.82, 2.24) is 0 Å². The summed E-state index contributed by atoms with van der Waals surface area (Å²) in [7, 11) is 0. The summed E-state index contributed by atoms with van der Waals surface area (Å²) >= 11 is 0. The predicted octanol–water partition coefficient (Wildman–Crippen LogP) is 2.02. The normalized spacial score (nSPS) is 24.1. The van der Waals surface area contributed by atoms with Gasteiger partial charge in [-0.1, -0.05) is 0 Å². The second kappa shape index (κ2) is 5.21. The maximum atomic E-state index is 10.1. The first-order valence-corrected chi connectivity index (χ1v) is 6.81. The number of nitrogens with two attached hydrogens (primary N) is 1. The highest BCUT2D eigenvalue weighted by Crippen LogP contribution is 2.26. The summed E-state index contributed by atoms with van der Waals surface area (Å²) in [6.45, 7) is 5.73. The lowest BCUT2D eigenvalue weighted by Crippen LogP contribution is -2.28. The Labute approximate surface area is 114 Å². The van der Waals surface area contributed by atoms with Crippen molar-refractivity contribution in [2.24, 2.45) is 5.73 Å². The number of nitrogens with one attached hydrogen (secondary N) is 1. The van der Waals surface area contributed by atoms with Crippen molar-refractivity contribution in [2.45, 2.75) is 38.7 Å². The molecule has 1 aliphatic rings. The molecule has 1 aromatic carbocycles. The zero-order valence-electron chi connectivity index (χ0n) is 11.7. The fraction of sp³-hybridized carbons (Fsp3) is 0.533. The first kappa shape index (κ1) is 13.9. The van der Waals surface area contributed by atoms with Gasteiger partial charge >= 0.3 is 0 Å². The minimum Gasteiger partial charge on any atom is -0.390 e. The van der Waals surface area contributed by atoms with Gasteiger partial charge in [0.2, 0.25) is 0 Å². The van der Waals surface area contributed by atoms with Gasteiger partial charge in [-0.05, 0) is 56.9 Å². The molecular formula is C15H23N3O. The van der Waals surface area contributed by atoms with Crippen LogP contribution in [0.2, 0.25) is 0 Å². The number of nitrogens with zero attached hydrogens (tertiary/aromatic N) is 1. The molecule has 1 saturated heterocycles. The Bertz CT molecular complexity index is 482. The highest BCUT2D eigenvalue weighted by Gasteiger charge is 2.25. The smallest absolute Gasteiger partial charge is 0.123 e. The highest BCUT2D eigenvalue weighted by molar-refractivity contribution is 5.96. The fourth-order valence-corrected chi connectivity index (χ4v) is 2.67. The van der Waals surface area contributed by atoms with E-state index in [1.807, 2.05) is 26.0 Å². The zero-order chi connectivity index (χ0) is 14.0. The molecular weight excluding hydrogens is 238 g/mol. The number of aryl methyl sites for hydroxylation is 1. The molecule has 0 saturated carbocycles. The Balaban J connectivity index is 2.18. The molecule has 0 spiro atoms. The minimum atomic E-state index is -0.539. The molecule has 19 heavy (non-hydrogen) atoms. The number of rotatable bonds is 2. The van der Waals surface area contributed by atoms with E-state index in [9.17, 15) is 5.11 Å². The van der Waals surface area contributed by atoms with Crippen LogP contribution in [0.3, 0.4) is 0 Å². The molecule has 2 rings (SSSR count). The van der Waals surface area contributed by atoms with Gasteiger partial charge in [-0.15, -0.1) is 0 Å². The Hall–Kier alpha value is -1.55. The lowest BCUT2D eigenvalue weighted by Gasteiger charge is -2.25. The van der Waals surface area contributed by atoms with Crippen LogP contribution in [0.25, 0.3) is 0 Å². The molecule has 1 atom stereocenters. The van der Waals surface area contributed by atoms with Gasteiger partial charge in [0.05, 0.1) is 5.60 Å². The maximum Gasteiger partial charge on any atom is 0.123 e. The van der Waals surface area contributed by atoms with E-state index in [1.165, 1.54) is 0 Å². The second-order valence-electron chi connectivity index (χ2n) is 5.75. The molecule has 4 N–H and O–H groups in total. The summed E-state index contributed by atoms with van der Waals surface area (Å²) in [5, 5.41) is 17.6. The second-order valence-corrected chi connectivity index (χ2v) is 5.75. The van der Waals surface area contributed by atoms with Gasteiger partial charge in [-0.3, -0.25) is 5.41 Å². The van der Waals surface area contributed by atoms with Crippen molar-refractivity contribution in [2.75, 3.05) is 18.0 Å². The maximum absolute atomic E-state index is 10.1. The lowest BCUT2D eigenvalue weighted by atomic mass is 9.98. The van der Waals surface area contributed by atoms with Gasteiger partial charge in [-0.2, -0.15) is 0 Å². The van der Waals surface area contributed by atoms with Crippen LogP contribution in [0.1, 0.15) is 37.3 Å². The van der Waals surface area contributed by atoms with Crippen LogP contribution >= 0.6 is 0 Å². The molecule has 1 fully saturated rings. The third kappa shape index (κ3) is 3.26. The summed E-state index contributed by atoms with van der Waals surface area (Å²) in [4.78, 5) is 2.30. The average molecular weight is 261 g/mol. The molecule has 0 radical (unpaired) electrons. The zero-order valence-corrected chi connectivity index (χ0v) is 11.7. The molecule has 1 aliphatic heterocycles. The van der Waals surface area contributed by atoms with E-state index in [-0.39, 0.29) is 5.84 Å². The molecule has 1 heterocycles. The first-order valence-electron chi connectivity index (χ1n) is 6.81. The highest BCUT2D eigenvalue weighted by atomic mass is 16.3. The van der Waals surface area contributed by atoms with E-state index in [0.29, 0.717) is 0 Å². The molecule has 4 nitrogen and oxygen atoms in total. The molecule has 0 aromatic heterocycles. The molecule has 0 bridgehead atoms. The van der Waals surface area contributed by atoms with Crippen LogP contribution in [-0.4, -0.2) is 29.6 Å². The summed E-state index contributed by atoms with van der Waals surface area (Å²) in [5.41, 5.74) is 7.98. The number of hydrogen-bond donors (Lipinski definition) is 3. The van der Waals surface area contributed by atoms with Crippen molar-refractivity contribution < 1.29 is 5.11 Å². The van der Waals surface area contributed by atoms with Crippen molar-refractivity contribution in [1.29, 1.82) is 5.41 Å². The Morgan fingerprint density at radius 2 is 2.11 bits per heavy atom. The molecule has 0 aliphatic carbocycles. The molecule has 1 unspecified atom stereocenters. The van der Waals surface area contributed by atoms with Crippen molar-refractivity contribution in [3.05, 3.63) is 29.3 Å². The Kier molecular flexibility index (Phi) is 3.80. The molecule has 4 heteroatoms. The van der Waals surface area contributed by atoms with Crippen molar-refractivity contribution in [3.8, 4) is 0 Å². The van der Waals surface area contributed by atoms with E-state index in [1.54, 1.807) is 0 Å². The number of hydrogen-bond acceptors (Lipinski definition) is 3. The Morgan fingerprint density at radius 3 is 2.74 bits per heavy atom. The summed E-state index contributed by atoms with van der Waals surface area (Å²) in [5.74, 6) is 0.114. The summed E-state index contributed by atoms with van der Waals surface area (Å²) < 4.78 is 0. The predicted molar refractivity (Wildman–Crippen MR) is 78.9 cm³/mol. The fourth-order valence-electron chi connectivity index (χ4n) is 2.67. The van der Waals surface area contributed by atoms with Gasteiger partial charge in [0.25, 0.3) is 0 Å². The quantitative estimate of drug-likeness (QED) is 0.563. The van der Waals surface area contributed by atoms with Gasteiger partial charge in [0, 0.05) is 24.3 Å². The largest absolute Gasteiger partial charge is 0.390 e. The van der Waals surface area contributed by atoms with Crippen LogP contribution in [-0.2, 0) is 0 Å². The lowest BCUT2D eigenvalue weighted by molar-refractivity contribution is 0.0481. The topological polar surface area (TPSA) is 73.3 Å². The monoisotopic (exact) mass is 261 g/mol. The number of amidine groups is 1. The summed E-state index contributed by atoms with van der Waals surface area (Å²) in [6.07, 6.45) is 2.65. The van der Waals surface area contributed by atoms with E-state index in [2.05, 4.69) is 11.0 Å². The van der Waals surface area contributed by atoms with Gasteiger partial charge < -0.3 is 15.7 Å².